The van der Waals surface area contributed by atoms with Crippen LogP contribution in [0.15, 0.2) is 30.3 Å². The van der Waals surface area contributed by atoms with E-state index in [1.165, 1.54) is 0 Å². The van der Waals surface area contributed by atoms with Gasteiger partial charge >= 0.3 is 6.09 Å². The number of hydrogen-bond donors (Lipinski definition) is 1. The zero-order valence-corrected chi connectivity index (χ0v) is 9.30. The van der Waals surface area contributed by atoms with Crippen molar-refractivity contribution in [2.45, 2.75) is 25.6 Å². The minimum atomic E-state index is -0.271. The summed E-state index contributed by atoms with van der Waals surface area (Å²) in [6, 6.07) is 9.91. The van der Waals surface area contributed by atoms with Crippen LogP contribution in [0.2, 0.25) is 0 Å². The molecule has 0 aromatic heterocycles. The third-order valence-corrected chi connectivity index (χ3v) is 2.94. The van der Waals surface area contributed by atoms with Crippen LogP contribution in [0, 0.1) is 0 Å². The lowest BCUT2D eigenvalue weighted by molar-refractivity contribution is 0.133. The molecular formula is C12H16N2O2. The molecule has 1 saturated heterocycles. The van der Waals surface area contributed by atoms with Crippen LogP contribution in [0.25, 0.3) is 0 Å². The van der Waals surface area contributed by atoms with Gasteiger partial charge in [0.2, 0.25) is 0 Å². The van der Waals surface area contributed by atoms with Crippen LogP contribution >= 0.6 is 0 Å². The Morgan fingerprint density at radius 3 is 2.62 bits per heavy atom. The van der Waals surface area contributed by atoms with Crippen LogP contribution < -0.4 is 5.73 Å². The van der Waals surface area contributed by atoms with E-state index in [1.54, 1.807) is 4.90 Å². The van der Waals surface area contributed by atoms with Gasteiger partial charge < -0.3 is 10.5 Å². The maximum Gasteiger partial charge on any atom is 0.410 e. The largest absolute Gasteiger partial charge is 0.443 e. The van der Waals surface area contributed by atoms with Gasteiger partial charge in [0.1, 0.15) is 6.10 Å². The molecule has 2 unspecified atom stereocenters. The van der Waals surface area contributed by atoms with Crippen molar-refractivity contribution in [3.05, 3.63) is 35.9 Å². The summed E-state index contributed by atoms with van der Waals surface area (Å²) in [6.07, 6.45) is -0.456. The summed E-state index contributed by atoms with van der Waals surface area (Å²) in [4.78, 5) is 13.3. The fourth-order valence-electron chi connectivity index (χ4n) is 1.90. The van der Waals surface area contributed by atoms with Gasteiger partial charge in [-0.1, -0.05) is 30.3 Å². The molecule has 0 spiro atoms. The molecule has 16 heavy (non-hydrogen) atoms. The van der Waals surface area contributed by atoms with E-state index >= 15 is 0 Å². The highest BCUT2D eigenvalue weighted by Gasteiger charge is 2.37. The number of benzene rings is 1. The maximum absolute atomic E-state index is 11.6. The number of rotatable bonds is 3. The summed E-state index contributed by atoms with van der Waals surface area (Å²) >= 11 is 0. The van der Waals surface area contributed by atoms with E-state index in [2.05, 4.69) is 0 Å². The van der Waals surface area contributed by atoms with E-state index in [0.29, 0.717) is 13.1 Å². The van der Waals surface area contributed by atoms with E-state index < -0.39 is 0 Å². The second kappa shape index (κ2) is 4.53. The summed E-state index contributed by atoms with van der Waals surface area (Å²) in [6.45, 7) is 2.92. The summed E-state index contributed by atoms with van der Waals surface area (Å²) < 4.78 is 5.17. The van der Waals surface area contributed by atoms with Crippen molar-refractivity contribution in [3.8, 4) is 0 Å². The second-order valence-electron chi connectivity index (χ2n) is 4.01. The number of amides is 1. The minimum absolute atomic E-state index is 0.0395. The van der Waals surface area contributed by atoms with Gasteiger partial charge in [-0.3, -0.25) is 4.90 Å². The Labute approximate surface area is 95.0 Å². The first-order valence-corrected chi connectivity index (χ1v) is 5.43. The quantitative estimate of drug-likeness (QED) is 0.836. The molecule has 2 atom stereocenters. The predicted octanol–water partition coefficient (Wildman–Crippen LogP) is 1.35. The molecule has 2 rings (SSSR count). The van der Waals surface area contributed by atoms with Gasteiger partial charge in [0, 0.05) is 13.1 Å². The lowest BCUT2D eigenvalue weighted by Gasteiger charge is -2.20. The molecule has 86 valence electrons. The molecule has 1 aliphatic heterocycles. The molecule has 1 aromatic carbocycles. The van der Waals surface area contributed by atoms with Crippen molar-refractivity contribution in [3.63, 3.8) is 0 Å². The minimum Gasteiger partial charge on any atom is -0.443 e. The Balaban J connectivity index is 2.08. The summed E-state index contributed by atoms with van der Waals surface area (Å²) in [5, 5.41) is 0. The van der Waals surface area contributed by atoms with Crippen molar-refractivity contribution in [2.75, 3.05) is 6.54 Å². The number of ether oxygens (including phenoxy) is 1. The van der Waals surface area contributed by atoms with Crippen molar-refractivity contribution < 1.29 is 9.53 Å². The fourth-order valence-corrected chi connectivity index (χ4v) is 1.90. The molecule has 0 radical (unpaired) electrons. The Hall–Kier alpha value is -1.55. The number of nitrogens with zero attached hydrogens (tertiary/aromatic N) is 1. The highest BCUT2D eigenvalue weighted by atomic mass is 16.6. The Morgan fingerprint density at radius 2 is 2.06 bits per heavy atom. The highest BCUT2D eigenvalue weighted by molar-refractivity contribution is 5.70. The molecule has 1 aliphatic rings. The molecule has 0 saturated carbocycles. The van der Waals surface area contributed by atoms with E-state index in [-0.39, 0.29) is 18.2 Å². The first kappa shape index (κ1) is 11.0. The first-order chi connectivity index (χ1) is 7.72. The lowest BCUT2D eigenvalue weighted by Crippen LogP contribution is -2.36. The van der Waals surface area contributed by atoms with Crippen molar-refractivity contribution >= 4 is 6.09 Å². The summed E-state index contributed by atoms with van der Waals surface area (Å²) in [7, 11) is 0. The lowest BCUT2D eigenvalue weighted by atomic mass is 10.1. The molecule has 0 bridgehead atoms. The number of nitrogens with two attached hydrogens (primary N) is 1. The molecule has 1 aromatic rings. The van der Waals surface area contributed by atoms with E-state index in [1.807, 2.05) is 37.3 Å². The van der Waals surface area contributed by atoms with Gasteiger partial charge in [0.15, 0.2) is 0 Å². The molecule has 2 N–H and O–H groups in total. The molecule has 1 amide bonds. The van der Waals surface area contributed by atoms with Gasteiger partial charge in [-0.2, -0.15) is 0 Å². The predicted molar refractivity (Wildman–Crippen MR) is 60.8 cm³/mol. The Kier molecular flexibility index (Phi) is 3.10. The first-order valence-electron chi connectivity index (χ1n) is 5.43. The standard InChI is InChI=1S/C12H16N2O2/c1-9-11(7-13)16-12(15)14(9)8-10-5-3-2-4-6-10/h2-6,9,11H,7-8,13H2,1H3. The highest BCUT2D eigenvalue weighted by Crippen LogP contribution is 2.20. The topological polar surface area (TPSA) is 55.6 Å². The average Bonchev–Trinajstić information content (AvgIpc) is 2.58. The number of cyclic esters (lactones) is 1. The summed E-state index contributed by atoms with van der Waals surface area (Å²) in [5.41, 5.74) is 6.64. The number of carbonyl (C=O) groups excluding carboxylic acids is 1. The average molecular weight is 220 g/mol. The van der Waals surface area contributed by atoms with Crippen LogP contribution in [0.5, 0.6) is 0 Å². The molecule has 4 heteroatoms. The van der Waals surface area contributed by atoms with Crippen LogP contribution in [0.4, 0.5) is 4.79 Å². The van der Waals surface area contributed by atoms with Gasteiger partial charge in [0.05, 0.1) is 6.04 Å². The Morgan fingerprint density at radius 1 is 1.38 bits per heavy atom. The SMILES string of the molecule is CC1C(CN)OC(=O)N1Cc1ccccc1. The number of carbonyl (C=O) groups is 1. The van der Waals surface area contributed by atoms with Crippen LogP contribution in [-0.2, 0) is 11.3 Å². The van der Waals surface area contributed by atoms with E-state index in [0.717, 1.165) is 5.56 Å². The van der Waals surface area contributed by atoms with Gasteiger partial charge in [-0.15, -0.1) is 0 Å². The molecule has 0 aliphatic carbocycles. The molecule has 4 nitrogen and oxygen atoms in total. The van der Waals surface area contributed by atoms with Crippen LogP contribution in [0.1, 0.15) is 12.5 Å². The fraction of sp³-hybridized carbons (Fsp3) is 0.417. The molecule has 1 heterocycles. The van der Waals surface area contributed by atoms with Gasteiger partial charge in [-0.05, 0) is 12.5 Å². The monoisotopic (exact) mass is 220 g/mol. The zero-order chi connectivity index (χ0) is 11.5. The van der Waals surface area contributed by atoms with Crippen molar-refractivity contribution in [2.24, 2.45) is 5.73 Å². The number of hydrogen-bond acceptors (Lipinski definition) is 3. The molecule has 1 fully saturated rings. The van der Waals surface area contributed by atoms with Gasteiger partial charge in [-0.25, -0.2) is 4.79 Å². The van der Waals surface area contributed by atoms with E-state index in [4.69, 9.17) is 10.5 Å². The van der Waals surface area contributed by atoms with E-state index in [9.17, 15) is 4.79 Å². The van der Waals surface area contributed by atoms with Crippen molar-refractivity contribution in [1.82, 2.24) is 4.90 Å². The van der Waals surface area contributed by atoms with Crippen LogP contribution in [-0.4, -0.2) is 29.7 Å². The van der Waals surface area contributed by atoms with Gasteiger partial charge in [0.25, 0.3) is 0 Å². The van der Waals surface area contributed by atoms with Crippen LogP contribution in [0.3, 0.4) is 0 Å². The smallest absolute Gasteiger partial charge is 0.410 e. The third kappa shape index (κ3) is 2.02. The third-order valence-electron chi connectivity index (χ3n) is 2.94. The summed E-state index contributed by atoms with van der Waals surface area (Å²) in [5.74, 6) is 0. The maximum atomic E-state index is 11.6. The zero-order valence-electron chi connectivity index (χ0n) is 9.30. The second-order valence-corrected chi connectivity index (χ2v) is 4.01. The Bertz CT molecular complexity index is 367. The van der Waals surface area contributed by atoms with Crippen molar-refractivity contribution in [1.29, 1.82) is 0 Å². The normalized spacial score (nSPS) is 24.6. The molecular weight excluding hydrogens is 204 g/mol.